The second-order valence-electron chi connectivity index (χ2n) is 5.93. The number of hydrogen-bond donors (Lipinski definition) is 2. The molecular formula is C17H20ClN7O. The number of nitrogens with zero attached hydrogens (tertiary/aromatic N) is 5. The molecule has 3 rings (SSSR count). The molecule has 3 heterocycles. The van der Waals surface area contributed by atoms with Crippen molar-refractivity contribution in [2.45, 2.75) is 25.8 Å². The van der Waals surface area contributed by atoms with Crippen molar-refractivity contribution in [3.05, 3.63) is 51.7 Å². The summed E-state index contributed by atoms with van der Waals surface area (Å²) in [7, 11) is 0. The predicted molar refractivity (Wildman–Crippen MR) is 103 cm³/mol. The molecule has 0 aliphatic carbocycles. The molecule has 1 atom stereocenters. The van der Waals surface area contributed by atoms with Crippen LogP contribution in [0, 0.1) is 0 Å². The summed E-state index contributed by atoms with van der Waals surface area (Å²) in [6, 6.07) is 3.92. The second kappa shape index (κ2) is 8.09. The lowest BCUT2D eigenvalue weighted by molar-refractivity contribution is 0.693. The number of rotatable bonds is 4. The normalized spacial score (nSPS) is 19.1. The third-order valence-corrected chi connectivity index (χ3v) is 4.70. The van der Waals surface area contributed by atoms with Gasteiger partial charge in [0.15, 0.2) is 0 Å². The van der Waals surface area contributed by atoms with Crippen LogP contribution in [0.3, 0.4) is 0 Å². The van der Waals surface area contributed by atoms with Crippen LogP contribution in [0.4, 0.5) is 5.69 Å². The molecule has 136 valence electrons. The van der Waals surface area contributed by atoms with Crippen LogP contribution >= 0.6 is 11.6 Å². The Hall–Kier alpha value is -2.74. The van der Waals surface area contributed by atoms with Crippen LogP contribution in [0.25, 0.3) is 0 Å². The maximum absolute atomic E-state index is 11.7. The average molecular weight is 374 g/mol. The number of aromatic amines is 1. The number of nitrogens with two attached hydrogens (primary N) is 1. The van der Waals surface area contributed by atoms with Crippen molar-refractivity contribution < 1.29 is 0 Å². The van der Waals surface area contributed by atoms with E-state index in [0.717, 1.165) is 17.7 Å². The van der Waals surface area contributed by atoms with Crippen molar-refractivity contribution in [1.29, 1.82) is 0 Å². The van der Waals surface area contributed by atoms with Gasteiger partial charge >= 0.3 is 0 Å². The molecule has 0 radical (unpaired) electrons. The molecule has 1 aliphatic rings. The number of hydrogen-bond acceptors (Lipinski definition) is 7. The van der Waals surface area contributed by atoms with Crippen molar-refractivity contribution in [3.63, 3.8) is 0 Å². The van der Waals surface area contributed by atoms with Gasteiger partial charge in [-0.25, -0.2) is 5.10 Å². The Morgan fingerprint density at radius 2 is 2.27 bits per heavy atom. The zero-order valence-electron chi connectivity index (χ0n) is 14.4. The Balaban J connectivity index is 1.84. The van der Waals surface area contributed by atoms with Gasteiger partial charge in [-0.3, -0.25) is 14.8 Å². The minimum absolute atomic E-state index is 0.00632. The molecule has 3 N–H and O–H groups in total. The van der Waals surface area contributed by atoms with Crippen LogP contribution in [0.5, 0.6) is 0 Å². The first kappa shape index (κ1) is 18.1. The maximum Gasteiger partial charge on any atom is 0.285 e. The molecular weight excluding hydrogens is 354 g/mol. The first-order valence-electron chi connectivity index (χ1n) is 8.35. The van der Waals surface area contributed by atoms with E-state index in [1.165, 1.54) is 6.20 Å². The topological polar surface area (TPSA) is 113 Å². The second-order valence-corrected chi connectivity index (χ2v) is 6.31. The smallest absolute Gasteiger partial charge is 0.285 e. The highest BCUT2D eigenvalue weighted by Gasteiger charge is 2.25. The molecule has 1 fully saturated rings. The highest BCUT2D eigenvalue weighted by molar-refractivity contribution is 6.44. The summed E-state index contributed by atoms with van der Waals surface area (Å²) in [5, 5.41) is 10.2. The van der Waals surface area contributed by atoms with E-state index in [-0.39, 0.29) is 11.1 Å². The predicted octanol–water partition coefficient (Wildman–Crippen LogP) is 1.94. The SMILES string of the molecule is CC[C@@H](N=C1CCN(c2cn[nH]c(=O)c2Cl)C/C1=N/N)c1cccnc1. The number of halogens is 1. The van der Waals surface area contributed by atoms with E-state index in [4.69, 9.17) is 22.4 Å². The lowest BCUT2D eigenvalue weighted by atomic mass is 10.0. The van der Waals surface area contributed by atoms with Gasteiger partial charge in [0.2, 0.25) is 0 Å². The third-order valence-electron chi connectivity index (χ3n) is 4.33. The quantitative estimate of drug-likeness (QED) is 0.628. The van der Waals surface area contributed by atoms with Gasteiger partial charge in [0.25, 0.3) is 5.56 Å². The number of aliphatic imine (C=N–C) groups is 1. The fourth-order valence-corrected chi connectivity index (χ4v) is 3.16. The summed E-state index contributed by atoms with van der Waals surface area (Å²) < 4.78 is 0. The van der Waals surface area contributed by atoms with E-state index < -0.39 is 5.56 Å². The highest BCUT2D eigenvalue weighted by Crippen LogP contribution is 2.25. The minimum Gasteiger partial charge on any atom is -0.362 e. The number of anilines is 1. The molecule has 0 saturated carbocycles. The number of piperidine rings is 1. The van der Waals surface area contributed by atoms with E-state index in [1.807, 2.05) is 23.2 Å². The Morgan fingerprint density at radius 1 is 1.42 bits per heavy atom. The fraction of sp³-hybridized carbons (Fsp3) is 0.353. The molecule has 0 amide bonds. The van der Waals surface area contributed by atoms with Gasteiger partial charge < -0.3 is 10.7 Å². The van der Waals surface area contributed by atoms with E-state index in [1.54, 1.807) is 6.20 Å². The molecule has 9 heteroatoms. The minimum atomic E-state index is -0.419. The summed E-state index contributed by atoms with van der Waals surface area (Å²) in [5.41, 5.74) is 2.75. The summed E-state index contributed by atoms with van der Waals surface area (Å²) in [6.45, 7) is 3.15. The maximum atomic E-state index is 11.7. The summed E-state index contributed by atoms with van der Waals surface area (Å²) in [6.07, 6.45) is 6.60. The van der Waals surface area contributed by atoms with Crippen molar-refractivity contribution in [1.82, 2.24) is 15.2 Å². The lowest BCUT2D eigenvalue weighted by Gasteiger charge is -2.31. The van der Waals surface area contributed by atoms with Gasteiger partial charge in [-0.1, -0.05) is 24.6 Å². The van der Waals surface area contributed by atoms with Gasteiger partial charge in [0, 0.05) is 25.4 Å². The van der Waals surface area contributed by atoms with Crippen molar-refractivity contribution in [2.75, 3.05) is 18.0 Å². The first-order chi connectivity index (χ1) is 12.6. The summed E-state index contributed by atoms with van der Waals surface area (Å²) >= 11 is 6.11. The Morgan fingerprint density at radius 3 is 2.96 bits per heavy atom. The number of aromatic nitrogens is 3. The summed E-state index contributed by atoms with van der Waals surface area (Å²) in [4.78, 5) is 22.6. The van der Waals surface area contributed by atoms with Gasteiger partial charge in [0.1, 0.15) is 10.7 Å². The molecule has 0 bridgehead atoms. The van der Waals surface area contributed by atoms with Crippen LogP contribution in [0.15, 0.2) is 45.6 Å². The number of nitrogens with one attached hydrogen (secondary N) is 1. The molecule has 2 aromatic heterocycles. The number of hydrazone groups is 1. The Labute approximate surface area is 155 Å². The molecule has 1 aliphatic heterocycles. The standard InChI is InChI=1S/C17H20ClN7O/c1-2-12(11-4-3-6-20-8-11)22-13-5-7-25(10-14(13)23-19)15-9-21-24-17(26)16(15)18/h3-4,6,8-9,12H,2,5,7,10,19H2,1H3,(H,24,26)/b22-13?,23-14-/t12-/m1/s1. The highest BCUT2D eigenvalue weighted by atomic mass is 35.5. The molecule has 1 saturated heterocycles. The van der Waals surface area contributed by atoms with Crippen LogP contribution in [-0.4, -0.2) is 39.7 Å². The molecule has 26 heavy (non-hydrogen) atoms. The fourth-order valence-electron chi connectivity index (χ4n) is 2.95. The van der Waals surface area contributed by atoms with Crippen LogP contribution in [-0.2, 0) is 0 Å². The van der Waals surface area contributed by atoms with E-state index in [9.17, 15) is 4.79 Å². The Bertz CT molecular complexity index is 878. The van der Waals surface area contributed by atoms with E-state index in [2.05, 4.69) is 27.2 Å². The molecule has 0 spiro atoms. The Kier molecular flexibility index (Phi) is 5.62. The molecule has 0 aromatic carbocycles. The van der Waals surface area contributed by atoms with E-state index >= 15 is 0 Å². The van der Waals surface area contributed by atoms with Gasteiger partial charge in [0.05, 0.1) is 30.2 Å². The van der Waals surface area contributed by atoms with Gasteiger partial charge in [-0.15, -0.1) is 0 Å². The van der Waals surface area contributed by atoms with Gasteiger partial charge in [-0.05, 0) is 18.1 Å². The van der Waals surface area contributed by atoms with Gasteiger partial charge in [-0.2, -0.15) is 10.2 Å². The largest absolute Gasteiger partial charge is 0.362 e. The average Bonchev–Trinajstić information content (AvgIpc) is 2.69. The molecule has 8 nitrogen and oxygen atoms in total. The lowest BCUT2D eigenvalue weighted by Crippen LogP contribution is -2.43. The summed E-state index contributed by atoms with van der Waals surface area (Å²) in [5.74, 6) is 5.61. The zero-order chi connectivity index (χ0) is 18.5. The van der Waals surface area contributed by atoms with E-state index in [0.29, 0.717) is 30.9 Å². The number of H-pyrrole nitrogens is 1. The van der Waals surface area contributed by atoms with Crippen LogP contribution in [0.1, 0.15) is 31.4 Å². The van der Waals surface area contributed by atoms with Crippen molar-refractivity contribution in [3.8, 4) is 0 Å². The number of pyridine rings is 1. The third kappa shape index (κ3) is 3.75. The zero-order valence-corrected chi connectivity index (χ0v) is 15.1. The monoisotopic (exact) mass is 373 g/mol. The van der Waals surface area contributed by atoms with Crippen molar-refractivity contribution in [2.24, 2.45) is 15.9 Å². The molecule has 0 unspecified atom stereocenters. The van der Waals surface area contributed by atoms with Crippen LogP contribution < -0.4 is 16.3 Å². The van der Waals surface area contributed by atoms with Crippen molar-refractivity contribution >= 4 is 28.7 Å². The van der Waals surface area contributed by atoms with Crippen LogP contribution in [0.2, 0.25) is 5.02 Å². The molecule has 2 aromatic rings. The first-order valence-corrected chi connectivity index (χ1v) is 8.73.